The Morgan fingerprint density at radius 3 is 2.60 bits per heavy atom. The minimum atomic E-state index is -1.94. The molecule has 0 fully saturated rings. The standard InChI is InChI=1S/C5H5NO2S.Na.H/c7-9(8)5-3-1-2-4-6-5;;/h1-4H,(H,7,8);;/q;+1;-1. The van der Waals surface area contributed by atoms with Crippen LogP contribution in [0.3, 0.4) is 0 Å². The average Bonchev–Trinajstić information content (AvgIpc) is 1.90. The SMILES string of the molecule is O=S(O)c1ccccn1.[H-].[Na+]. The van der Waals surface area contributed by atoms with Gasteiger partial charge < -0.3 is 5.98 Å². The quantitative estimate of drug-likeness (QED) is 0.381. The molecule has 10 heavy (non-hydrogen) atoms. The molecule has 0 bridgehead atoms. The molecule has 1 aromatic rings. The molecule has 1 atom stereocenters. The zero-order valence-corrected chi connectivity index (χ0v) is 8.34. The molecular formula is C5H6NNaO2S. The summed E-state index contributed by atoms with van der Waals surface area (Å²) in [6.45, 7) is 0. The molecule has 0 radical (unpaired) electrons. The van der Waals surface area contributed by atoms with Crippen molar-refractivity contribution in [1.29, 1.82) is 0 Å². The molecule has 5 heteroatoms. The summed E-state index contributed by atoms with van der Waals surface area (Å²) < 4.78 is 18.7. The summed E-state index contributed by atoms with van der Waals surface area (Å²) in [5.74, 6) is 0. The fourth-order valence-electron chi connectivity index (χ4n) is 0.450. The van der Waals surface area contributed by atoms with Gasteiger partial charge in [0, 0.05) is 6.20 Å². The fraction of sp³-hybridized carbons (Fsp3) is 0. The van der Waals surface area contributed by atoms with Crippen LogP contribution in [0.25, 0.3) is 0 Å². The first-order chi connectivity index (χ1) is 4.30. The van der Waals surface area contributed by atoms with Crippen LogP contribution in [-0.2, 0) is 11.1 Å². The van der Waals surface area contributed by atoms with E-state index in [4.69, 9.17) is 4.55 Å². The molecule has 0 aliphatic carbocycles. The Balaban J connectivity index is 0. The second-order valence-corrected chi connectivity index (χ2v) is 2.33. The van der Waals surface area contributed by atoms with Crippen LogP contribution in [0.1, 0.15) is 1.43 Å². The molecule has 1 heterocycles. The smallest absolute Gasteiger partial charge is 1.00 e. The minimum absolute atomic E-state index is 0. The van der Waals surface area contributed by atoms with Crippen molar-refractivity contribution in [3.8, 4) is 0 Å². The summed E-state index contributed by atoms with van der Waals surface area (Å²) in [5.41, 5.74) is 0. The Bertz CT molecular complexity index is 221. The van der Waals surface area contributed by atoms with Crippen LogP contribution in [0, 0.1) is 0 Å². The van der Waals surface area contributed by atoms with Crippen molar-refractivity contribution < 1.29 is 39.7 Å². The summed E-state index contributed by atoms with van der Waals surface area (Å²) in [5, 5.41) is 0.192. The molecule has 0 saturated heterocycles. The van der Waals surface area contributed by atoms with Gasteiger partial charge in [0.25, 0.3) is 0 Å². The van der Waals surface area contributed by atoms with Crippen molar-refractivity contribution >= 4 is 11.1 Å². The normalized spacial score (nSPS) is 11.7. The van der Waals surface area contributed by atoms with Crippen molar-refractivity contribution in [3.63, 3.8) is 0 Å². The minimum Gasteiger partial charge on any atom is -1.00 e. The van der Waals surface area contributed by atoms with E-state index >= 15 is 0 Å². The number of hydrogen-bond donors (Lipinski definition) is 1. The van der Waals surface area contributed by atoms with Gasteiger partial charge in [-0.2, -0.15) is 0 Å². The summed E-state index contributed by atoms with van der Waals surface area (Å²) in [7, 11) is 0. The average molecular weight is 167 g/mol. The van der Waals surface area contributed by atoms with Gasteiger partial charge in [0.2, 0.25) is 11.1 Å². The Morgan fingerprint density at radius 2 is 2.30 bits per heavy atom. The van der Waals surface area contributed by atoms with Crippen LogP contribution >= 0.6 is 0 Å². The van der Waals surface area contributed by atoms with E-state index in [0.29, 0.717) is 0 Å². The molecule has 1 rings (SSSR count). The molecule has 1 aromatic heterocycles. The van der Waals surface area contributed by atoms with Crippen LogP contribution in [0.2, 0.25) is 0 Å². The zero-order valence-electron chi connectivity index (χ0n) is 6.52. The third-order valence-electron chi connectivity index (χ3n) is 0.817. The molecule has 0 spiro atoms. The van der Waals surface area contributed by atoms with Gasteiger partial charge in [-0.1, -0.05) is 6.07 Å². The second kappa shape index (κ2) is 4.98. The third-order valence-corrected chi connectivity index (χ3v) is 1.42. The van der Waals surface area contributed by atoms with Gasteiger partial charge in [-0.25, -0.2) is 9.19 Å². The number of aromatic nitrogens is 1. The van der Waals surface area contributed by atoms with E-state index in [-0.39, 0.29) is 36.0 Å². The molecular weight excluding hydrogens is 161 g/mol. The van der Waals surface area contributed by atoms with E-state index in [1.165, 1.54) is 12.3 Å². The molecule has 50 valence electrons. The molecule has 0 aliphatic heterocycles. The number of hydrogen-bond acceptors (Lipinski definition) is 2. The van der Waals surface area contributed by atoms with Crippen LogP contribution in [-0.4, -0.2) is 13.7 Å². The molecule has 3 nitrogen and oxygen atoms in total. The summed E-state index contributed by atoms with van der Waals surface area (Å²) in [4.78, 5) is 3.63. The van der Waals surface area contributed by atoms with Crippen molar-refractivity contribution in [3.05, 3.63) is 24.4 Å². The monoisotopic (exact) mass is 167 g/mol. The number of pyridine rings is 1. The predicted octanol–water partition coefficient (Wildman–Crippen LogP) is -2.22. The van der Waals surface area contributed by atoms with Gasteiger partial charge in [-0.05, 0) is 12.1 Å². The molecule has 0 aromatic carbocycles. The van der Waals surface area contributed by atoms with Crippen LogP contribution in [0.4, 0.5) is 0 Å². The van der Waals surface area contributed by atoms with Gasteiger partial charge in [0.15, 0.2) is 5.03 Å². The Labute approximate surface area is 84.9 Å². The first-order valence-electron chi connectivity index (χ1n) is 2.32. The molecule has 0 amide bonds. The van der Waals surface area contributed by atoms with E-state index in [1.807, 2.05) is 0 Å². The second-order valence-electron chi connectivity index (χ2n) is 1.42. The van der Waals surface area contributed by atoms with Crippen molar-refractivity contribution in [1.82, 2.24) is 4.98 Å². The third kappa shape index (κ3) is 2.90. The number of nitrogens with zero attached hydrogens (tertiary/aromatic N) is 1. The molecule has 1 unspecified atom stereocenters. The van der Waals surface area contributed by atoms with Crippen LogP contribution in [0.15, 0.2) is 29.4 Å². The Kier molecular flexibility index (Phi) is 5.11. The first-order valence-corrected chi connectivity index (χ1v) is 3.43. The largest absolute Gasteiger partial charge is 1.00 e. The first kappa shape index (κ1) is 10.3. The molecule has 1 N–H and O–H groups in total. The maximum Gasteiger partial charge on any atom is 1.00 e. The Hall–Kier alpha value is 0.260. The number of rotatable bonds is 1. The molecule has 0 aliphatic rings. The van der Waals surface area contributed by atoms with Gasteiger partial charge in [-0.3, -0.25) is 0 Å². The van der Waals surface area contributed by atoms with Crippen molar-refractivity contribution in [2.24, 2.45) is 0 Å². The fourth-order valence-corrected chi connectivity index (χ4v) is 0.796. The topological polar surface area (TPSA) is 50.2 Å². The van der Waals surface area contributed by atoms with E-state index in [2.05, 4.69) is 4.98 Å². The van der Waals surface area contributed by atoms with Crippen molar-refractivity contribution in [2.45, 2.75) is 5.03 Å². The van der Waals surface area contributed by atoms with Crippen LogP contribution < -0.4 is 29.6 Å². The van der Waals surface area contributed by atoms with E-state index in [9.17, 15) is 4.21 Å². The van der Waals surface area contributed by atoms with Gasteiger partial charge >= 0.3 is 29.6 Å². The zero-order chi connectivity index (χ0) is 6.69. The van der Waals surface area contributed by atoms with E-state index in [0.717, 1.165) is 0 Å². The summed E-state index contributed by atoms with van der Waals surface area (Å²) >= 11 is -1.94. The van der Waals surface area contributed by atoms with Gasteiger partial charge in [0.05, 0.1) is 0 Å². The maximum absolute atomic E-state index is 10.2. The molecule has 0 saturated carbocycles. The van der Waals surface area contributed by atoms with E-state index < -0.39 is 11.1 Å². The van der Waals surface area contributed by atoms with Gasteiger partial charge in [0.1, 0.15) is 0 Å². The van der Waals surface area contributed by atoms with Crippen LogP contribution in [0.5, 0.6) is 0 Å². The Morgan fingerprint density at radius 1 is 1.60 bits per heavy atom. The predicted molar refractivity (Wildman–Crippen MR) is 34.4 cm³/mol. The summed E-state index contributed by atoms with van der Waals surface area (Å²) in [6, 6.07) is 4.85. The van der Waals surface area contributed by atoms with Gasteiger partial charge in [-0.15, -0.1) is 0 Å². The maximum atomic E-state index is 10.2. The van der Waals surface area contributed by atoms with E-state index in [1.54, 1.807) is 12.1 Å². The van der Waals surface area contributed by atoms with Crippen molar-refractivity contribution in [2.75, 3.05) is 0 Å². The summed E-state index contributed by atoms with van der Waals surface area (Å²) in [6.07, 6.45) is 1.48.